The number of nitrogens with one attached hydrogen (secondary N) is 1. The second kappa shape index (κ2) is 8.39. The van der Waals surface area contributed by atoms with E-state index in [4.69, 9.17) is 23.2 Å². The van der Waals surface area contributed by atoms with Crippen LogP contribution in [0.5, 0.6) is 0 Å². The van der Waals surface area contributed by atoms with Crippen molar-refractivity contribution in [3.8, 4) is 0 Å². The first-order valence-electron chi connectivity index (χ1n) is 9.53. The van der Waals surface area contributed by atoms with E-state index in [1.165, 1.54) is 36.8 Å². The molecule has 1 aromatic heterocycles. The minimum atomic E-state index is -0.554. The third-order valence-corrected chi connectivity index (χ3v) is 6.93. The van der Waals surface area contributed by atoms with Gasteiger partial charge in [-0.15, -0.1) is 0 Å². The van der Waals surface area contributed by atoms with Gasteiger partial charge in [0.1, 0.15) is 10.4 Å². The summed E-state index contributed by atoms with van der Waals surface area (Å²) in [7, 11) is 0. The molecule has 0 saturated heterocycles. The lowest BCUT2D eigenvalue weighted by Crippen LogP contribution is -2.45. The van der Waals surface area contributed by atoms with E-state index in [1.807, 2.05) is 12.1 Å². The third-order valence-electron chi connectivity index (χ3n) is 5.58. The number of rotatable bonds is 5. The molecule has 8 heteroatoms. The number of halogens is 2. The fourth-order valence-corrected chi connectivity index (χ4v) is 5.30. The van der Waals surface area contributed by atoms with Crippen LogP contribution in [0.4, 0.5) is 5.13 Å². The summed E-state index contributed by atoms with van der Waals surface area (Å²) in [6.45, 7) is 0.401. The fourth-order valence-electron chi connectivity index (χ4n) is 4.21. The summed E-state index contributed by atoms with van der Waals surface area (Å²) >= 11 is 13.4. The Hall–Kier alpha value is -1.63. The highest BCUT2D eigenvalue weighted by Crippen LogP contribution is 2.35. The predicted molar refractivity (Wildman–Crippen MR) is 112 cm³/mol. The molecule has 2 aliphatic rings. The molecule has 0 spiro atoms. The predicted octanol–water partition coefficient (Wildman–Crippen LogP) is 5.38. The summed E-state index contributed by atoms with van der Waals surface area (Å²) in [5, 5.41) is 3.74. The van der Waals surface area contributed by atoms with Crippen molar-refractivity contribution in [2.24, 2.45) is 5.92 Å². The van der Waals surface area contributed by atoms with E-state index in [9.17, 15) is 9.59 Å². The standard InChI is InChI=1S/C20H21Cl2N3O2S/c21-14-8-4-7-13-11-25(19(27)17(13)14)15(9-12-5-2-1-3-6-12)18(26)24-20-23-10-16(22)28-20/h4,7-8,10,12,15H,1-3,5-6,9,11H2,(H,23,24,26)/t15-/m0/s1. The van der Waals surface area contributed by atoms with Crippen LogP contribution in [0, 0.1) is 5.92 Å². The molecule has 148 valence electrons. The van der Waals surface area contributed by atoms with Crippen LogP contribution in [0.15, 0.2) is 24.4 Å². The summed E-state index contributed by atoms with van der Waals surface area (Å²) in [5.41, 5.74) is 1.39. The summed E-state index contributed by atoms with van der Waals surface area (Å²) in [6.07, 6.45) is 7.97. The van der Waals surface area contributed by atoms with Gasteiger partial charge in [-0.3, -0.25) is 9.59 Å². The van der Waals surface area contributed by atoms with Gasteiger partial charge in [0.25, 0.3) is 5.91 Å². The smallest absolute Gasteiger partial charge is 0.256 e. The normalized spacial score (nSPS) is 18.2. The molecule has 1 aliphatic carbocycles. The number of aromatic nitrogens is 1. The molecular formula is C20H21Cl2N3O2S. The van der Waals surface area contributed by atoms with Gasteiger partial charge in [0.15, 0.2) is 5.13 Å². The molecule has 0 bridgehead atoms. The lowest BCUT2D eigenvalue weighted by molar-refractivity contribution is -0.121. The maximum Gasteiger partial charge on any atom is 0.256 e. The molecule has 1 fully saturated rings. The summed E-state index contributed by atoms with van der Waals surface area (Å²) in [6, 6.07) is 4.90. The topological polar surface area (TPSA) is 62.3 Å². The van der Waals surface area contributed by atoms with Crippen molar-refractivity contribution in [3.05, 3.63) is 44.9 Å². The van der Waals surface area contributed by atoms with Crippen LogP contribution >= 0.6 is 34.5 Å². The second-order valence-electron chi connectivity index (χ2n) is 7.42. The molecule has 5 nitrogen and oxygen atoms in total. The minimum Gasteiger partial charge on any atom is -0.322 e. The number of carbonyl (C=O) groups is 2. The average molecular weight is 438 g/mol. The molecule has 4 rings (SSSR count). The zero-order chi connectivity index (χ0) is 19.7. The Bertz CT molecular complexity index is 895. The zero-order valence-electron chi connectivity index (χ0n) is 15.3. The largest absolute Gasteiger partial charge is 0.322 e. The van der Waals surface area contributed by atoms with Gasteiger partial charge in [0, 0.05) is 6.54 Å². The van der Waals surface area contributed by atoms with Gasteiger partial charge in [-0.25, -0.2) is 4.98 Å². The number of benzene rings is 1. The van der Waals surface area contributed by atoms with E-state index in [2.05, 4.69) is 10.3 Å². The van der Waals surface area contributed by atoms with Gasteiger partial charge in [0.05, 0.1) is 16.8 Å². The molecule has 0 radical (unpaired) electrons. The third kappa shape index (κ3) is 4.04. The molecule has 1 aromatic carbocycles. The number of thiazole rings is 1. The first kappa shape index (κ1) is 19.7. The van der Waals surface area contributed by atoms with Crippen LogP contribution < -0.4 is 5.32 Å². The second-order valence-corrected chi connectivity index (χ2v) is 9.49. The Labute approximate surface area is 178 Å². The SMILES string of the molecule is O=C(Nc1ncc(Cl)s1)[C@H](CC1CCCCC1)N1Cc2cccc(Cl)c2C1=O. The Morgan fingerprint density at radius 2 is 2.07 bits per heavy atom. The van der Waals surface area contributed by atoms with Crippen LogP contribution in [0.3, 0.4) is 0 Å². The highest BCUT2D eigenvalue weighted by molar-refractivity contribution is 7.19. The molecule has 1 atom stereocenters. The highest BCUT2D eigenvalue weighted by Gasteiger charge is 2.39. The first-order valence-corrected chi connectivity index (χ1v) is 11.1. The van der Waals surface area contributed by atoms with Gasteiger partial charge in [-0.05, 0) is 24.0 Å². The van der Waals surface area contributed by atoms with Crippen molar-refractivity contribution in [2.75, 3.05) is 5.32 Å². The summed E-state index contributed by atoms with van der Waals surface area (Å²) in [5.74, 6) is 0.0546. The lowest BCUT2D eigenvalue weighted by atomic mass is 9.84. The van der Waals surface area contributed by atoms with Crippen molar-refractivity contribution in [2.45, 2.75) is 51.1 Å². The number of nitrogens with zero attached hydrogens (tertiary/aromatic N) is 2. The number of carbonyl (C=O) groups excluding carboxylic acids is 2. The van der Waals surface area contributed by atoms with E-state index < -0.39 is 6.04 Å². The minimum absolute atomic E-state index is 0.172. The number of fused-ring (bicyclic) bond motifs is 1. The van der Waals surface area contributed by atoms with Gasteiger partial charge in [-0.1, -0.05) is 78.8 Å². The maximum atomic E-state index is 13.1. The number of anilines is 1. The van der Waals surface area contributed by atoms with Gasteiger partial charge in [0.2, 0.25) is 5.91 Å². The zero-order valence-corrected chi connectivity index (χ0v) is 17.6. The van der Waals surface area contributed by atoms with E-state index in [0.717, 1.165) is 18.4 Å². The van der Waals surface area contributed by atoms with Crippen LogP contribution in [0.25, 0.3) is 0 Å². The summed E-state index contributed by atoms with van der Waals surface area (Å²) < 4.78 is 0.510. The van der Waals surface area contributed by atoms with Crippen LogP contribution in [-0.2, 0) is 11.3 Å². The van der Waals surface area contributed by atoms with Gasteiger partial charge < -0.3 is 10.2 Å². The average Bonchev–Trinajstić information content (AvgIpc) is 3.24. The van der Waals surface area contributed by atoms with Gasteiger partial charge >= 0.3 is 0 Å². The van der Waals surface area contributed by atoms with Crippen molar-refractivity contribution >= 4 is 51.5 Å². The van der Waals surface area contributed by atoms with Crippen molar-refractivity contribution < 1.29 is 9.59 Å². The lowest BCUT2D eigenvalue weighted by Gasteiger charge is -2.31. The van der Waals surface area contributed by atoms with E-state index in [1.54, 1.807) is 11.0 Å². The van der Waals surface area contributed by atoms with Gasteiger partial charge in [-0.2, -0.15) is 0 Å². The number of hydrogen-bond acceptors (Lipinski definition) is 4. The Morgan fingerprint density at radius 3 is 2.75 bits per heavy atom. The van der Waals surface area contributed by atoms with Crippen LogP contribution in [-0.4, -0.2) is 27.7 Å². The van der Waals surface area contributed by atoms with Crippen molar-refractivity contribution in [3.63, 3.8) is 0 Å². The molecular weight excluding hydrogens is 417 g/mol. The number of hydrogen-bond donors (Lipinski definition) is 1. The van der Waals surface area contributed by atoms with E-state index in [-0.39, 0.29) is 11.8 Å². The Morgan fingerprint density at radius 1 is 1.29 bits per heavy atom. The van der Waals surface area contributed by atoms with E-state index >= 15 is 0 Å². The van der Waals surface area contributed by atoms with E-state index in [0.29, 0.717) is 38.9 Å². The molecule has 2 amide bonds. The Kier molecular flexibility index (Phi) is 5.90. The molecule has 1 saturated carbocycles. The molecule has 2 aromatic rings. The number of amides is 2. The first-order chi connectivity index (χ1) is 13.5. The van der Waals surface area contributed by atoms with Crippen LogP contribution in [0.1, 0.15) is 54.4 Å². The molecule has 2 heterocycles. The molecule has 0 unspecified atom stereocenters. The molecule has 1 aliphatic heterocycles. The Balaban J connectivity index is 1.58. The highest BCUT2D eigenvalue weighted by atomic mass is 35.5. The monoisotopic (exact) mass is 437 g/mol. The molecule has 1 N–H and O–H groups in total. The van der Waals surface area contributed by atoms with Crippen molar-refractivity contribution in [1.82, 2.24) is 9.88 Å². The quantitative estimate of drug-likeness (QED) is 0.682. The van der Waals surface area contributed by atoms with Crippen molar-refractivity contribution in [1.29, 1.82) is 0 Å². The molecule has 28 heavy (non-hydrogen) atoms. The summed E-state index contributed by atoms with van der Waals surface area (Å²) in [4.78, 5) is 32.0. The van der Waals surface area contributed by atoms with Crippen LogP contribution in [0.2, 0.25) is 9.36 Å². The maximum absolute atomic E-state index is 13.1. The fraction of sp³-hybridized carbons (Fsp3) is 0.450.